The lowest BCUT2D eigenvalue weighted by Crippen LogP contribution is -2.05. The van der Waals surface area contributed by atoms with Gasteiger partial charge in [0.2, 0.25) is 0 Å². The molecule has 0 fully saturated rings. The maximum absolute atomic E-state index is 13.1. The van der Waals surface area contributed by atoms with Crippen LogP contribution in [-0.2, 0) is 0 Å². The molecule has 2 nitrogen and oxygen atoms in total. The fourth-order valence-corrected chi connectivity index (χ4v) is 0.963. The molecular formula is C9H8F4O2. The fraction of sp³-hybridized carbons (Fsp3) is 0.333. The molecule has 15 heavy (non-hydrogen) atoms. The fourth-order valence-electron chi connectivity index (χ4n) is 0.963. The molecule has 0 spiro atoms. The Bertz CT molecular complexity index is 341. The third-order valence-electron chi connectivity index (χ3n) is 1.50. The molecule has 0 aliphatic carbocycles. The van der Waals surface area contributed by atoms with Gasteiger partial charge < -0.3 is 9.47 Å². The SMILES string of the molecule is CCOc1cc(F)c(OC(F)F)cc1F. The quantitative estimate of drug-likeness (QED) is 0.732. The van der Waals surface area contributed by atoms with Crippen LogP contribution in [0.3, 0.4) is 0 Å². The van der Waals surface area contributed by atoms with Gasteiger partial charge in [0.05, 0.1) is 6.61 Å². The van der Waals surface area contributed by atoms with Crippen LogP contribution in [0.2, 0.25) is 0 Å². The van der Waals surface area contributed by atoms with E-state index < -0.39 is 24.0 Å². The number of benzene rings is 1. The van der Waals surface area contributed by atoms with Crippen LogP contribution in [-0.4, -0.2) is 13.2 Å². The van der Waals surface area contributed by atoms with Crippen molar-refractivity contribution in [2.75, 3.05) is 6.61 Å². The molecular weight excluding hydrogens is 216 g/mol. The summed E-state index contributed by atoms with van der Waals surface area (Å²) in [5.41, 5.74) is 0. The summed E-state index contributed by atoms with van der Waals surface area (Å²) in [5, 5.41) is 0. The lowest BCUT2D eigenvalue weighted by atomic mass is 10.3. The highest BCUT2D eigenvalue weighted by atomic mass is 19.3. The van der Waals surface area contributed by atoms with Crippen molar-refractivity contribution in [3.05, 3.63) is 23.8 Å². The number of ether oxygens (including phenoxy) is 2. The number of rotatable bonds is 4. The first-order valence-corrected chi connectivity index (χ1v) is 4.11. The number of hydrogen-bond acceptors (Lipinski definition) is 2. The van der Waals surface area contributed by atoms with Gasteiger partial charge in [0.1, 0.15) is 0 Å². The number of alkyl halides is 2. The van der Waals surface area contributed by atoms with Gasteiger partial charge in [-0.2, -0.15) is 8.78 Å². The van der Waals surface area contributed by atoms with Crippen molar-refractivity contribution >= 4 is 0 Å². The van der Waals surface area contributed by atoms with E-state index in [4.69, 9.17) is 4.74 Å². The third kappa shape index (κ3) is 3.00. The Labute approximate surface area is 83.4 Å². The summed E-state index contributed by atoms with van der Waals surface area (Å²) >= 11 is 0. The lowest BCUT2D eigenvalue weighted by Gasteiger charge is -2.09. The van der Waals surface area contributed by atoms with Crippen LogP contribution in [0.4, 0.5) is 17.6 Å². The summed E-state index contributed by atoms with van der Waals surface area (Å²) in [5.74, 6) is -3.23. The molecule has 0 radical (unpaired) electrons. The predicted molar refractivity (Wildman–Crippen MR) is 44.2 cm³/mol. The number of halogens is 4. The third-order valence-corrected chi connectivity index (χ3v) is 1.50. The standard InChI is InChI=1S/C9H8F4O2/c1-2-14-7-3-6(11)8(4-5(7)10)15-9(12)13/h3-4,9H,2H2,1H3. The largest absolute Gasteiger partial charge is 0.491 e. The molecule has 0 amide bonds. The number of hydrogen-bond donors (Lipinski definition) is 0. The lowest BCUT2D eigenvalue weighted by molar-refractivity contribution is -0.0524. The summed E-state index contributed by atoms with van der Waals surface area (Å²) in [6.45, 7) is -1.47. The van der Waals surface area contributed by atoms with Gasteiger partial charge in [0, 0.05) is 12.1 Å². The van der Waals surface area contributed by atoms with E-state index in [2.05, 4.69) is 4.74 Å². The molecule has 6 heteroatoms. The zero-order valence-corrected chi connectivity index (χ0v) is 7.77. The molecule has 1 rings (SSSR count). The molecule has 0 atom stereocenters. The molecule has 0 aliphatic heterocycles. The monoisotopic (exact) mass is 224 g/mol. The molecule has 1 aromatic rings. The Kier molecular flexibility index (Phi) is 3.76. The predicted octanol–water partition coefficient (Wildman–Crippen LogP) is 2.96. The molecule has 84 valence electrons. The van der Waals surface area contributed by atoms with Crippen LogP contribution in [0.15, 0.2) is 12.1 Å². The average molecular weight is 224 g/mol. The van der Waals surface area contributed by atoms with Gasteiger partial charge in [-0.15, -0.1) is 0 Å². The van der Waals surface area contributed by atoms with Crippen LogP contribution < -0.4 is 9.47 Å². The van der Waals surface area contributed by atoms with E-state index in [0.29, 0.717) is 12.1 Å². The van der Waals surface area contributed by atoms with E-state index in [1.54, 1.807) is 6.92 Å². The molecule has 0 N–H and O–H groups in total. The molecule has 0 aromatic heterocycles. The zero-order valence-electron chi connectivity index (χ0n) is 7.77. The highest BCUT2D eigenvalue weighted by molar-refractivity contribution is 5.34. The van der Waals surface area contributed by atoms with Gasteiger partial charge in [-0.1, -0.05) is 0 Å². The van der Waals surface area contributed by atoms with E-state index in [9.17, 15) is 17.6 Å². The van der Waals surface area contributed by atoms with Crippen molar-refractivity contribution in [1.82, 2.24) is 0 Å². The summed E-state index contributed by atoms with van der Waals surface area (Å²) < 4.78 is 58.0. The van der Waals surface area contributed by atoms with Crippen molar-refractivity contribution in [3.8, 4) is 11.5 Å². The first-order chi connectivity index (χ1) is 7.04. The highest BCUT2D eigenvalue weighted by Gasteiger charge is 2.14. The van der Waals surface area contributed by atoms with Crippen molar-refractivity contribution in [2.45, 2.75) is 13.5 Å². The summed E-state index contributed by atoms with van der Waals surface area (Å²) in [6, 6.07) is 1.18. The summed E-state index contributed by atoms with van der Waals surface area (Å²) in [4.78, 5) is 0. The first-order valence-electron chi connectivity index (χ1n) is 4.11. The van der Waals surface area contributed by atoms with E-state index in [0.717, 1.165) is 0 Å². The Morgan fingerprint density at radius 1 is 1.13 bits per heavy atom. The van der Waals surface area contributed by atoms with Crippen LogP contribution >= 0.6 is 0 Å². The highest BCUT2D eigenvalue weighted by Crippen LogP contribution is 2.27. The smallest absolute Gasteiger partial charge is 0.387 e. The van der Waals surface area contributed by atoms with Crippen molar-refractivity contribution in [3.63, 3.8) is 0 Å². The van der Waals surface area contributed by atoms with Crippen LogP contribution in [0, 0.1) is 11.6 Å². The minimum Gasteiger partial charge on any atom is -0.491 e. The average Bonchev–Trinajstić information content (AvgIpc) is 2.13. The maximum atomic E-state index is 13.1. The Hall–Kier alpha value is -1.46. The molecule has 0 unspecified atom stereocenters. The summed E-state index contributed by atoms with van der Waals surface area (Å²) in [6.07, 6.45) is 0. The summed E-state index contributed by atoms with van der Waals surface area (Å²) in [7, 11) is 0. The maximum Gasteiger partial charge on any atom is 0.387 e. The molecule has 0 saturated heterocycles. The van der Waals surface area contributed by atoms with Gasteiger partial charge in [-0.05, 0) is 6.92 Å². The van der Waals surface area contributed by atoms with Crippen LogP contribution in [0.5, 0.6) is 11.5 Å². The van der Waals surface area contributed by atoms with Gasteiger partial charge in [0.15, 0.2) is 23.1 Å². The van der Waals surface area contributed by atoms with Gasteiger partial charge in [0.25, 0.3) is 0 Å². The van der Waals surface area contributed by atoms with Crippen molar-refractivity contribution in [2.24, 2.45) is 0 Å². The minimum atomic E-state index is -3.20. The Morgan fingerprint density at radius 3 is 2.20 bits per heavy atom. The van der Waals surface area contributed by atoms with E-state index >= 15 is 0 Å². The van der Waals surface area contributed by atoms with E-state index in [1.165, 1.54) is 0 Å². The Morgan fingerprint density at radius 2 is 1.67 bits per heavy atom. The minimum absolute atomic E-state index is 0.144. The normalized spacial score (nSPS) is 10.5. The van der Waals surface area contributed by atoms with E-state index in [1.807, 2.05) is 0 Å². The zero-order chi connectivity index (χ0) is 11.4. The topological polar surface area (TPSA) is 18.5 Å². The Balaban J connectivity index is 2.97. The van der Waals surface area contributed by atoms with Gasteiger partial charge in [-0.3, -0.25) is 0 Å². The van der Waals surface area contributed by atoms with Gasteiger partial charge >= 0.3 is 6.61 Å². The first kappa shape index (κ1) is 11.6. The molecule has 0 saturated carbocycles. The van der Waals surface area contributed by atoms with Crippen molar-refractivity contribution < 1.29 is 27.0 Å². The molecule has 0 aliphatic rings. The second kappa shape index (κ2) is 4.86. The molecule has 1 aromatic carbocycles. The second-order valence-corrected chi connectivity index (χ2v) is 2.52. The second-order valence-electron chi connectivity index (χ2n) is 2.52. The van der Waals surface area contributed by atoms with Gasteiger partial charge in [-0.25, -0.2) is 8.78 Å². The molecule has 0 bridgehead atoms. The van der Waals surface area contributed by atoms with Crippen LogP contribution in [0.1, 0.15) is 6.92 Å². The van der Waals surface area contributed by atoms with E-state index in [-0.39, 0.29) is 12.4 Å². The van der Waals surface area contributed by atoms with Crippen LogP contribution in [0.25, 0.3) is 0 Å². The molecule has 0 heterocycles. The van der Waals surface area contributed by atoms with Crippen molar-refractivity contribution in [1.29, 1.82) is 0 Å².